The highest BCUT2D eigenvalue weighted by molar-refractivity contribution is 5.86. The standard InChI is InChI=1S/C13H23NO6/c1-6-18-10(15)8-9(11(16)19-7-2)14-12(17)20-13(3,4)5/h9H,6-8H2,1-5H3,(H,14,17). The summed E-state index contributed by atoms with van der Waals surface area (Å²) in [6, 6.07) is -1.12. The fourth-order valence-electron chi connectivity index (χ4n) is 1.27. The van der Waals surface area contributed by atoms with Gasteiger partial charge in [0.15, 0.2) is 0 Å². The Morgan fingerprint density at radius 1 is 1.05 bits per heavy atom. The first-order valence-electron chi connectivity index (χ1n) is 6.51. The third-order valence-corrected chi connectivity index (χ3v) is 1.94. The Hall–Kier alpha value is -1.79. The third-order valence-electron chi connectivity index (χ3n) is 1.94. The second-order valence-electron chi connectivity index (χ2n) is 4.96. The Kier molecular flexibility index (Phi) is 7.64. The predicted molar refractivity (Wildman–Crippen MR) is 71.0 cm³/mol. The summed E-state index contributed by atoms with van der Waals surface area (Å²) in [6.45, 7) is 8.70. The first kappa shape index (κ1) is 18.2. The van der Waals surface area contributed by atoms with Crippen molar-refractivity contribution in [1.82, 2.24) is 5.32 Å². The summed E-state index contributed by atoms with van der Waals surface area (Å²) in [7, 11) is 0. The van der Waals surface area contributed by atoms with Gasteiger partial charge < -0.3 is 19.5 Å². The second kappa shape index (κ2) is 8.39. The minimum atomic E-state index is -1.12. The number of hydrogen-bond donors (Lipinski definition) is 1. The molecular weight excluding hydrogens is 266 g/mol. The van der Waals surface area contributed by atoms with Crippen LogP contribution in [0.4, 0.5) is 4.79 Å². The fourth-order valence-corrected chi connectivity index (χ4v) is 1.27. The molecule has 0 spiro atoms. The smallest absolute Gasteiger partial charge is 0.408 e. The number of amides is 1. The van der Waals surface area contributed by atoms with Crippen molar-refractivity contribution in [1.29, 1.82) is 0 Å². The summed E-state index contributed by atoms with van der Waals surface area (Å²) in [5.74, 6) is -1.30. The summed E-state index contributed by atoms with van der Waals surface area (Å²) < 4.78 is 14.6. The zero-order chi connectivity index (χ0) is 15.8. The van der Waals surface area contributed by atoms with Crippen LogP contribution in [0.15, 0.2) is 0 Å². The van der Waals surface area contributed by atoms with Gasteiger partial charge in [0.2, 0.25) is 0 Å². The monoisotopic (exact) mass is 289 g/mol. The number of nitrogens with one attached hydrogen (secondary N) is 1. The zero-order valence-electron chi connectivity index (χ0n) is 12.6. The van der Waals surface area contributed by atoms with Gasteiger partial charge in [-0.2, -0.15) is 0 Å². The number of ether oxygens (including phenoxy) is 3. The van der Waals surface area contributed by atoms with Gasteiger partial charge in [-0.05, 0) is 34.6 Å². The van der Waals surface area contributed by atoms with Gasteiger partial charge in [-0.1, -0.05) is 0 Å². The van der Waals surface area contributed by atoms with Crippen LogP contribution in [-0.4, -0.2) is 42.9 Å². The average Bonchev–Trinajstić information content (AvgIpc) is 2.26. The number of carbonyl (C=O) groups excluding carboxylic acids is 3. The van der Waals surface area contributed by atoms with E-state index in [1.165, 1.54) is 0 Å². The van der Waals surface area contributed by atoms with Gasteiger partial charge in [-0.15, -0.1) is 0 Å². The van der Waals surface area contributed by atoms with Gasteiger partial charge >= 0.3 is 18.0 Å². The average molecular weight is 289 g/mol. The molecule has 0 heterocycles. The van der Waals surface area contributed by atoms with Crippen LogP contribution in [0, 0.1) is 0 Å². The predicted octanol–water partition coefficient (Wildman–Crippen LogP) is 1.40. The SMILES string of the molecule is CCOC(=O)CC(NC(=O)OC(C)(C)C)C(=O)OCC. The lowest BCUT2D eigenvalue weighted by molar-refractivity contribution is -0.152. The van der Waals surface area contributed by atoms with Crippen LogP contribution >= 0.6 is 0 Å². The molecule has 0 bridgehead atoms. The summed E-state index contributed by atoms with van der Waals surface area (Å²) in [5.41, 5.74) is -0.701. The molecule has 0 aromatic heterocycles. The number of rotatable bonds is 6. The van der Waals surface area contributed by atoms with Gasteiger partial charge in [0.05, 0.1) is 19.6 Å². The maximum absolute atomic E-state index is 11.7. The molecule has 0 aliphatic carbocycles. The van der Waals surface area contributed by atoms with E-state index >= 15 is 0 Å². The Bertz CT molecular complexity index is 347. The fraction of sp³-hybridized carbons (Fsp3) is 0.769. The van der Waals surface area contributed by atoms with Gasteiger partial charge in [0, 0.05) is 0 Å². The molecule has 0 aliphatic rings. The molecule has 0 saturated carbocycles. The number of alkyl carbamates (subject to hydrolysis) is 1. The molecule has 7 nitrogen and oxygen atoms in total. The molecule has 116 valence electrons. The molecule has 0 aromatic carbocycles. The van der Waals surface area contributed by atoms with Crippen LogP contribution in [0.5, 0.6) is 0 Å². The molecule has 1 atom stereocenters. The lowest BCUT2D eigenvalue weighted by Crippen LogP contribution is -2.45. The number of hydrogen-bond acceptors (Lipinski definition) is 6. The zero-order valence-corrected chi connectivity index (χ0v) is 12.6. The van der Waals surface area contributed by atoms with Crippen molar-refractivity contribution >= 4 is 18.0 Å². The minimum Gasteiger partial charge on any atom is -0.466 e. The Morgan fingerprint density at radius 3 is 2.05 bits per heavy atom. The Labute approximate surface area is 118 Å². The molecule has 0 aliphatic heterocycles. The Morgan fingerprint density at radius 2 is 1.60 bits per heavy atom. The molecule has 0 saturated heterocycles. The summed E-state index contributed by atoms with van der Waals surface area (Å²) in [6.07, 6.45) is -1.09. The van der Waals surface area contributed by atoms with E-state index in [1.54, 1.807) is 34.6 Å². The highest BCUT2D eigenvalue weighted by Crippen LogP contribution is 2.08. The molecule has 1 N–H and O–H groups in total. The minimum absolute atomic E-state index is 0.147. The van der Waals surface area contributed by atoms with Gasteiger partial charge in [-0.3, -0.25) is 4.79 Å². The summed E-state index contributed by atoms with van der Waals surface area (Å²) in [5, 5.41) is 2.31. The van der Waals surface area contributed by atoms with Crippen LogP contribution in [0.3, 0.4) is 0 Å². The van der Waals surface area contributed by atoms with Crippen LogP contribution in [0.25, 0.3) is 0 Å². The summed E-state index contributed by atoms with van der Waals surface area (Å²) in [4.78, 5) is 34.7. The molecular formula is C13H23NO6. The first-order valence-corrected chi connectivity index (χ1v) is 6.51. The maximum Gasteiger partial charge on any atom is 0.408 e. The summed E-state index contributed by atoms with van der Waals surface area (Å²) >= 11 is 0. The van der Waals surface area contributed by atoms with E-state index in [4.69, 9.17) is 14.2 Å². The van der Waals surface area contributed by atoms with Crippen molar-refractivity contribution in [3.05, 3.63) is 0 Å². The molecule has 1 unspecified atom stereocenters. The van der Waals surface area contributed by atoms with Gasteiger partial charge in [0.1, 0.15) is 11.6 Å². The maximum atomic E-state index is 11.7. The van der Waals surface area contributed by atoms with Crippen LogP contribution in [-0.2, 0) is 23.8 Å². The van der Waals surface area contributed by atoms with Crippen molar-refractivity contribution < 1.29 is 28.6 Å². The van der Waals surface area contributed by atoms with E-state index in [0.717, 1.165) is 0 Å². The van der Waals surface area contributed by atoms with Crippen molar-refractivity contribution in [2.24, 2.45) is 0 Å². The largest absolute Gasteiger partial charge is 0.466 e. The first-order chi connectivity index (χ1) is 9.19. The van der Waals surface area contributed by atoms with Gasteiger partial charge in [0.25, 0.3) is 0 Å². The molecule has 0 radical (unpaired) electrons. The molecule has 1 amide bonds. The van der Waals surface area contributed by atoms with E-state index in [9.17, 15) is 14.4 Å². The van der Waals surface area contributed by atoms with Crippen molar-refractivity contribution in [3.63, 3.8) is 0 Å². The van der Waals surface area contributed by atoms with Crippen molar-refractivity contribution in [2.75, 3.05) is 13.2 Å². The van der Waals surface area contributed by atoms with Crippen LogP contribution < -0.4 is 5.32 Å². The van der Waals surface area contributed by atoms with Crippen molar-refractivity contribution in [3.8, 4) is 0 Å². The molecule has 7 heteroatoms. The number of carbonyl (C=O) groups is 3. The van der Waals surface area contributed by atoms with E-state index < -0.39 is 29.7 Å². The molecule has 0 aromatic rings. The van der Waals surface area contributed by atoms with Crippen LogP contribution in [0.1, 0.15) is 41.0 Å². The lowest BCUT2D eigenvalue weighted by Gasteiger charge is -2.22. The molecule has 20 heavy (non-hydrogen) atoms. The van der Waals surface area contributed by atoms with Crippen molar-refractivity contribution in [2.45, 2.75) is 52.7 Å². The third kappa shape index (κ3) is 8.34. The van der Waals surface area contributed by atoms with E-state index in [2.05, 4.69) is 5.32 Å². The Balaban J connectivity index is 4.64. The normalized spacial score (nSPS) is 12.2. The highest BCUT2D eigenvalue weighted by atomic mass is 16.6. The van der Waals surface area contributed by atoms with Gasteiger partial charge in [-0.25, -0.2) is 9.59 Å². The lowest BCUT2D eigenvalue weighted by atomic mass is 10.2. The quantitative estimate of drug-likeness (QED) is 0.587. The highest BCUT2D eigenvalue weighted by Gasteiger charge is 2.28. The molecule has 0 fully saturated rings. The molecule has 0 rings (SSSR count). The topological polar surface area (TPSA) is 90.9 Å². The second-order valence-corrected chi connectivity index (χ2v) is 4.96. The number of esters is 2. The van der Waals surface area contributed by atoms with Crippen LogP contribution in [0.2, 0.25) is 0 Å². The van der Waals surface area contributed by atoms with E-state index in [-0.39, 0.29) is 19.6 Å². The van der Waals surface area contributed by atoms with E-state index in [0.29, 0.717) is 0 Å². The van der Waals surface area contributed by atoms with E-state index in [1.807, 2.05) is 0 Å².